The molecule has 0 radical (unpaired) electrons. The molecular weight excluding hydrogens is 511 g/mol. The van der Waals surface area contributed by atoms with Gasteiger partial charge < -0.3 is 0 Å². The quantitative estimate of drug-likeness (QED) is 0.293. The van der Waals surface area contributed by atoms with Gasteiger partial charge in [0.2, 0.25) is 0 Å². The fourth-order valence-electron chi connectivity index (χ4n) is 3.35. The average Bonchev–Trinajstić information content (AvgIpc) is 3.20. The number of aromatic nitrogens is 4. The maximum atomic E-state index is 13.5. The fraction of sp³-hybridized carbons (Fsp3) is 0. The third kappa shape index (κ3) is 3.32. The SMILES string of the molecule is O=c1c2ncn(-c3ccccc3)c2nc(-c2ccc(I)cc2)n1-c1ccc(Cl)cc1. The van der Waals surface area contributed by atoms with Crippen LogP contribution < -0.4 is 5.56 Å². The van der Waals surface area contributed by atoms with Crippen LogP contribution in [0.25, 0.3) is 33.9 Å². The molecule has 3 aromatic carbocycles. The molecule has 0 aliphatic rings. The van der Waals surface area contributed by atoms with Gasteiger partial charge >= 0.3 is 0 Å². The van der Waals surface area contributed by atoms with Crippen LogP contribution in [0.4, 0.5) is 0 Å². The number of para-hydroxylation sites is 1. The first-order valence-electron chi connectivity index (χ1n) is 9.19. The molecule has 0 unspecified atom stereocenters. The van der Waals surface area contributed by atoms with E-state index in [-0.39, 0.29) is 5.56 Å². The van der Waals surface area contributed by atoms with Crippen LogP contribution in [0.2, 0.25) is 5.02 Å². The first-order valence-corrected chi connectivity index (χ1v) is 10.6. The first-order chi connectivity index (χ1) is 14.6. The van der Waals surface area contributed by atoms with Gasteiger partial charge in [0, 0.05) is 19.8 Å². The van der Waals surface area contributed by atoms with Crippen molar-refractivity contribution in [3.63, 3.8) is 0 Å². The van der Waals surface area contributed by atoms with Gasteiger partial charge in [0.1, 0.15) is 12.2 Å². The van der Waals surface area contributed by atoms with Crippen LogP contribution in [0.15, 0.2) is 90.0 Å². The van der Waals surface area contributed by atoms with E-state index in [1.807, 2.05) is 71.3 Å². The molecule has 146 valence electrons. The summed E-state index contributed by atoms with van der Waals surface area (Å²) < 4.78 is 4.52. The number of fused-ring (bicyclic) bond motifs is 1. The molecule has 7 heteroatoms. The van der Waals surface area contributed by atoms with Gasteiger partial charge in [-0.15, -0.1) is 0 Å². The smallest absolute Gasteiger partial charge is 0.283 e. The highest BCUT2D eigenvalue weighted by Crippen LogP contribution is 2.24. The minimum atomic E-state index is -0.231. The third-order valence-electron chi connectivity index (χ3n) is 4.79. The Morgan fingerprint density at radius 2 is 1.53 bits per heavy atom. The highest BCUT2D eigenvalue weighted by atomic mass is 127. The molecule has 30 heavy (non-hydrogen) atoms. The van der Waals surface area contributed by atoms with E-state index in [9.17, 15) is 4.79 Å². The first kappa shape index (κ1) is 19.0. The lowest BCUT2D eigenvalue weighted by Crippen LogP contribution is -2.22. The number of hydrogen-bond acceptors (Lipinski definition) is 3. The molecule has 0 saturated heterocycles. The summed E-state index contributed by atoms with van der Waals surface area (Å²) in [7, 11) is 0. The molecular formula is C23H14ClIN4O. The number of hydrogen-bond donors (Lipinski definition) is 0. The van der Waals surface area contributed by atoms with Crippen LogP contribution in [-0.4, -0.2) is 19.1 Å². The molecule has 0 atom stereocenters. The van der Waals surface area contributed by atoms with E-state index < -0.39 is 0 Å². The Hall–Kier alpha value is -2.97. The van der Waals surface area contributed by atoms with E-state index in [0.717, 1.165) is 14.8 Å². The molecule has 0 bridgehead atoms. The normalized spacial score (nSPS) is 11.1. The molecule has 0 fully saturated rings. The minimum absolute atomic E-state index is 0.231. The maximum absolute atomic E-state index is 13.5. The van der Waals surface area contributed by atoms with Crippen molar-refractivity contribution < 1.29 is 0 Å². The zero-order valence-corrected chi connectivity index (χ0v) is 18.4. The topological polar surface area (TPSA) is 52.7 Å². The Balaban J connectivity index is 1.85. The molecule has 5 rings (SSSR count). The summed E-state index contributed by atoms with van der Waals surface area (Å²) in [4.78, 5) is 22.8. The molecule has 2 aromatic heterocycles. The highest BCUT2D eigenvalue weighted by molar-refractivity contribution is 14.1. The Morgan fingerprint density at radius 3 is 2.23 bits per heavy atom. The van der Waals surface area contributed by atoms with Crippen LogP contribution >= 0.6 is 34.2 Å². The van der Waals surface area contributed by atoms with Crippen LogP contribution in [0, 0.1) is 3.57 Å². The predicted octanol–water partition coefficient (Wildman–Crippen LogP) is 5.50. The second-order valence-electron chi connectivity index (χ2n) is 6.68. The van der Waals surface area contributed by atoms with Crippen LogP contribution in [0.5, 0.6) is 0 Å². The maximum Gasteiger partial charge on any atom is 0.286 e. The predicted molar refractivity (Wildman–Crippen MR) is 128 cm³/mol. The van der Waals surface area contributed by atoms with Gasteiger partial charge in [-0.3, -0.25) is 13.9 Å². The van der Waals surface area contributed by atoms with Crippen molar-refractivity contribution in [1.82, 2.24) is 19.1 Å². The average molecular weight is 525 g/mol. The van der Waals surface area contributed by atoms with Gasteiger partial charge in [-0.1, -0.05) is 41.9 Å². The Labute approximate surface area is 190 Å². The van der Waals surface area contributed by atoms with Gasteiger partial charge in [0.25, 0.3) is 5.56 Å². The van der Waals surface area contributed by atoms with Crippen LogP contribution in [0.1, 0.15) is 0 Å². The van der Waals surface area contributed by atoms with Gasteiger partial charge in [0.05, 0.1) is 5.69 Å². The Morgan fingerprint density at radius 1 is 0.833 bits per heavy atom. The van der Waals surface area contributed by atoms with Crippen molar-refractivity contribution in [3.8, 4) is 22.8 Å². The summed E-state index contributed by atoms with van der Waals surface area (Å²) in [6.07, 6.45) is 1.64. The minimum Gasteiger partial charge on any atom is -0.283 e. The van der Waals surface area contributed by atoms with E-state index >= 15 is 0 Å². The Kier molecular flexibility index (Phi) is 4.88. The van der Waals surface area contributed by atoms with Gasteiger partial charge in [0.15, 0.2) is 11.2 Å². The standard InChI is InChI=1S/C23H14ClIN4O/c24-16-8-12-19(13-9-16)29-21(15-6-10-17(25)11-7-15)27-22-20(23(29)30)26-14-28(22)18-4-2-1-3-5-18/h1-14H. The molecule has 0 N–H and O–H groups in total. The molecule has 0 amide bonds. The van der Waals surface area contributed by atoms with Crippen LogP contribution in [-0.2, 0) is 0 Å². The summed E-state index contributed by atoms with van der Waals surface area (Å²) in [5.74, 6) is 0.545. The summed E-state index contributed by atoms with van der Waals surface area (Å²) >= 11 is 8.31. The van der Waals surface area contributed by atoms with E-state index in [4.69, 9.17) is 16.6 Å². The lowest BCUT2D eigenvalue weighted by atomic mass is 10.2. The molecule has 5 aromatic rings. The molecule has 0 aliphatic heterocycles. The number of benzene rings is 3. The van der Waals surface area contributed by atoms with E-state index in [1.54, 1.807) is 23.0 Å². The van der Waals surface area contributed by atoms with E-state index in [1.165, 1.54) is 0 Å². The molecule has 0 aliphatic carbocycles. The lowest BCUT2D eigenvalue weighted by molar-refractivity contribution is 0.962. The number of nitrogens with zero attached hydrogens (tertiary/aromatic N) is 4. The fourth-order valence-corrected chi connectivity index (χ4v) is 3.84. The molecule has 5 nitrogen and oxygen atoms in total. The van der Waals surface area contributed by atoms with Gasteiger partial charge in [-0.25, -0.2) is 9.97 Å². The van der Waals surface area contributed by atoms with Crippen molar-refractivity contribution in [2.45, 2.75) is 0 Å². The highest BCUT2D eigenvalue weighted by Gasteiger charge is 2.18. The van der Waals surface area contributed by atoms with Gasteiger partial charge in [-0.2, -0.15) is 0 Å². The zero-order valence-electron chi connectivity index (χ0n) is 15.5. The largest absolute Gasteiger partial charge is 0.286 e. The summed E-state index contributed by atoms with van der Waals surface area (Å²) in [6.45, 7) is 0. The van der Waals surface area contributed by atoms with E-state index in [0.29, 0.717) is 27.7 Å². The van der Waals surface area contributed by atoms with Crippen molar-refractivity contribution in [2.24, 2.45) is 0 Å². The third-order valence-corrected chi connectivity index (χ3v) is 5.76. The zero-order chi connectivity index (χ0) is 20.7. The van der Waals surface area contributed by atoms with Crippen molar-refractivity contribution in [3.05, 3.63) is 104 Å². The summed E-state index contributed by atoms with van der Waals surface area (Å²) in [5, 5.41) is 0.602. The Bertz CT molecular complexity index is 1410. The summed E-state index contributed by atoms with van der Waals surface area (Å²) in [5.41, 5.74) is 3.01. The second kappa shape index (κ2) is 7.70. The second-order valence-corrected chi connectivity index (χ2v) is 8.36. The van der Waals surface area contributed by atoms with Crippen molar-refractivity contribution >= 4 is 45.4 Å². The van der Waals surface area contributed by atoms with Crippen molar-refractivity contribution in [1.29, 1.82) is 0 Å². The van der Waals surface area contributed by atoms with E-state index in [2.05, 4.69) is 27.6 Å². The molecule has 0 spiro atoms. The van der Waals surface area contributed by atoms with Crippen LogP contribution in [0.3, 0.4) is 0 Å². The lowest BCUT2D eigenvalue weighted by Gasteiger charge is -2.13. The van der Waals surface area contributed by atoms with Gasteiger partial charge in [-0.05, 0) is 71.1 Å². The molecule has 0 saturated carbocycles. The van der Waals surface area contributed by atoms with Crippen molar-refractivity contribution in [2.75, 3.05) is 0 Å². The number of rotatable bonds is 3. The molecule has 2 heterocycles. The summed E-state index contributed by atoms with van der Waals surface area (Å²) in [6, 6.07) is 24.8. The number of imidazole rings is 1. The monoisotopic (exact) mass is 524 g/mol. The number of halogens is 2.